The van der Waals surface area contributed by atoms with E-state index in [1.165, 1.54) is 6.08 Å². The maximum atomic E-state index is 10.4. The summed E-state index contributed by atoms with van der Waals surface area (Å²) in [5.74, 6) is -1.08. The number of carboxylic acid groups (broad SMARTS) is 1. The first-order chi connectivity index (χ1) is 5.13. The molecule has 0 saturated carbocycles. The van der Waals surface area contributed by atoms with Gasteiger partial charge in [-0.3, -0.25) is 4.99 Å². The second-order valence-corrected chi connectivity index (χ2v) is 1.76. The Bertz CT molecular complexity index is 238. The van der Waals surface area contributed by atoms with E-state index in [1.54, 1.807) is 0 Å². The van der Waals surface area contributed by atoms with Crippen LogP contribution >= 0.6 is 0 Å². The summed E-state index contributed by atoms with van der Waals surface area (Å²) in [6.45, 7) is 9.97. The molecule has 0 bridgehead atoms. The third-order valence-corrected chi connectivity index (χ3v) is 1.04. The lowest BCUT2D eigenvalue weighted by Gasteiger charge is -1.97. The van der Waals surface area contributed by atoms with Crippen molar-refractivity contribution in [3.05, 3.63) is 36.6 Å². The van der Waals surface area contributed by atoms with E-state index in [0.717, 1.165) is 6.20 Å². The molecule has 0 spiro atoms. The molecule has 3 heteroatoms. The van der Waals surface area contributed by atoms with Crippen molar-refractivity contribution in [2.24, 2.45) is 4.99 Å². The van der Waals surface area contributed by atoms with E-state index in [-0.39, 0.29) is 5.57 Å². The Hall–Kier alpha value is -1.64. The van der Waals surface area contributed by atoms with Crippen LogP contribution in [0.25, 0.3) is 0 Å². The number of aliphatic imine (C=N–C) groups is 1. The zero-order valence-electron chi connectivity index (χ0n) is 6.08. The lowest BCUT2D eigenvalue weighted by atomic mass is 10.1. The summed E-state index contributed by atoms with van der Waals surface area (Å²) >= 11 is 0. The van der Waals surface area contributed by atoms with Gasteiger partial charge in [0.05, 0.1) is 5.57 Å². The number of nitrogens with zero attached hydrogens (tertiary/aromatic N) is 1. The summed E-state index contributed by atoms with van der Waals surface area (Å²) in [7, 11) is 0. The van der Waals surface area contributed by atoms with E-state index in [2.05, 4.69) is 24.9 Å². The molecule has 0 heterocycles. The largest absolute Gasteiger partial charge is 0.478 e. The van der Waals surface area contributed by atoms with Crippen LogP contribution < -0.4 is 0 Å². The fraction of sp³-hybridized carbons (Fsp3) is 0. The smallest absolute Gasteiger partial charge is 0.337 e. The Morgan fingerprint density at radius 3 is 2.36 bits per heavy atom. The maximum absolute atomic E-state index is 10.4. The molecule has 0 unspecified atom stereocenters. The highest BCUT2D eigenvalue weighted by molar-refractivity contribution is 5.92. The topological polar surface area (TPSA) is 49.7 Å². The van der Waals surface area contributed by atoms with E-state index >= 15 is 0 Å². The predicted molar refractivity (Wildman–Crippen MR) is 44.6 cm³/mol. The highest BCUT2D eigenvalue weighted by Crippen LogP contribution is 2.08. The van der Waals surface area contributed by atoms with Gasteiger partial charge in [0, 0.05) is 6.20 Å². The zero-order valence-corrected chi connectivity index (χ0v) is 6.08. The van der Waals surface area contributed by atoms with Crippen molar-refractivity contribution in [2.75, 3.05) is 0 Å². The molecule has 58 valence electrons. The van der Waals surface area contributed by atoms with Crippen LogP contribution in [0.5, 0.6) is 0 Å². The second-order valence-electron chi connectivity index (χ2n) is 1.76. The summed E-state index contributed by atoms with van der Waals surface area (Å²) in [6, 6.07) is 0. The molecular formula is C8H9NO2. The minimum atomic E-state index is -1.08. The molecule has 0 aromatic carbocycles. The number of hydrogen-bond acceptors (Lipinski definition) is 2. The number of aliphatic carboxylic acids is 1. The third kappa shape index (κ3) is 2.62. The quantitative estimate of drug-likeness (QED) is 0.375. The standard InChI is InChI=1S/C8H9NO2/c1-4-6(2)7(5-9-3)8(10)11/h4-5H,1-3H2,(H,10,11)/b7-5+. The van der Waals surface area contributed by atoms with Gasteiger partial charge in [0.25, 0.3) is 0 Å². The Kier molecular flexibility index (Phi) is 3.59. The van der Waals surface area contributed by atoms with E-state index in [1.807, 2.05) is 0 Å². The van der Waals surface area contributed by atoms with Gasteiger partial charge in [-0.2, -0.15) is 0 Å². The molecule has 0 radical (unpaired) electrons. The van der Waals surface area contributed by atoms with Crippen LogP contribution in [-0.2, 0) is 4.79 Å². The highest BCUT2D eigenvalue weighted by atomic mass is 16.4. The minimum absolute atomic E-state index is 0.00926. The molecule has 0 amide bonds. The van der Waals surface area contributed by atoms with Gasteiger partial charge in [-0.15, -0.1) is 0 Å². The van der Waals surface area contributed by atoms with Crippen molar-refractivity contribution >= 4 is 12.7 Å². The lowest BCUT2D eigenvalue weighted by molar-refractivity contribution is -0.132. The van der Waals surface area contributed by atoms with Gasteiger partial charge in [0.2, 0.25) is 0 Å². The highest BCUT2D eigenvalue weighted by Gasteiger charge is 2.07. The van der Waals surface area contributed by atoms with Crippen LogP contribution in [-0.4, -0.2) is 17.8 Å². The Morgan fingerprint density at radius 1 is 1.55 bits per heavy atom. The SMILES string of the molecule is C=CC(=C)/C(=C\N=C)C(=O)O. The van der Waals surface area contributed by atoms with Gasteiger partial charge in [-0.05, 0) is 12.3 Å². The molecule has 11 heavy (non-hydrogen) atoms. The summed E-state index contributed by atoms with van der Waals surface area (Å²) in [5.41, 5.74) is 0.333. The van der Waals surface area contributed by atoms with E-state index in [0.29, 0.717) is 5.57 Å². The molecule has 0 rings (SSSR count). The third-order valence-electron chi connectivity index (χ3n) is 1.04. The molecule has 0 aromatic heterocycles. The molecule has 0 aliphatic heterocycles. The van der Waals surface area contributed by atoms with Gasteiger partial charge in [-0.25, -0.2) is 4.79 Å². The summed E-state index contributed by atoms with van der Waals surface area (Å²) < 4.78 is 0. The van der Waals surface area contributed by atoms with Crippen molar-refractivity contribution < 1.29 is 9.90 Å². The Balaban J connectivity index is 4.74. The predicted octanol–water partition coefficient (Wildman–Crippen LogP) is 1.40. The first-order valence-electron chi connectivity index (χ1n) is 2.84. The van der Waals surface area contributed by atoms with Gasteiger partial charge < -0.3 is 5.11 Å². The van der Waals surface area contributed by atoms with Crippen LogP contribution in [0.4, 0.5) is 0 Å². The van der Waals surface area contributed by atoms with Crippen LogP contribution in [0.2, 0.25) is 0 Å². The summed E-state index contributed by atoms with van der Waals surface area (Å²) in [5, 5.41) is 8.54. The molecule has 0 aliphatic carbocycles. The van der Waals surface area contributed by atoms with Crippen molar-refractivity contribution in [1.82, 2.24) is 0 Å². The fourth-order valence-electron chi connectivity index (χ4n) is 0.477. The normalized spacial score (nSPS) is 10.4. The average molecular weight is 151 g/mol. The number of carbonyl (C=O) groups is 1. The maximum Gasteiger partial charge on any atom is 0.337 e. The van der Waals surface area contributed by atoms with Crippen LogP contribution in [0, 0.1) is 0 Å². The van der Waals surface area contributed by atoms with Gasteiger partial charge in [0.15, 0.2) is 0 Å². The molecule has 0 aliphatic rings. The number of carboxylic acids is 1. The average Bonchev–Trinajstić information content (AvgIpc) is 1.98. The molecule has 0 saturated heterocycles. The number of hydrogen-bond donors (Lipinski definition) is 1. The zero-order chi connectivity index (χ0) is 8.85. The number of allylic oxidation sites excluding steroid dienone is 1. The summed E-state index contributed by atoms with van der Waals surface area (Å²) in [4.78, 5) is 13.7. The van der Waals surface area contributed by atoms with Crippen LogP contribution in [0.15, 0.2) is 41.6 Å². The molecule has 0 aromatic rings. The monoisotopic (exact) mass is 151 g/mol. The van der Waals surface area contributed by atoms with Crippen molar-refractivity contribution in [1.29, 1.82) is 0 Å². The second kappa shape index (κ2) is 4.22. The first kappa shape index (κ1) is 9.36. The molecule has 0 fully saturated rings. The first-order valence-corrected chi connectivity index (χ1v) is 2.84. The van der Waals surface area contributed by atoms with Crippen LogP contribution in [0.1, 0.15) is 0 Å². The Morgan fingerprint density at radius 2 is 2.09 bits per heavy atom. The van der Waals surface area contributed by atoms with Gasteiger partial charge in [-0.1, -0.05) is 19.2 Å². The lowest BCUT2D eigenvalue weighted by Crippen LogP contribution is -2.00. The summed E-state index contributed by atoms with van der Waals surface area (Å²) in [6.07, 6.45) is 2.48. The van der Waals surface area contributed by atoms with Crippen molar-refractivity contribution in [3.63, 3.8) is 0 Å². The van der Waals surface area contributed by atoms with Crippen molar-refractivity contribution in [2.45, 2.75) is 0 Å². The molecule has 0 atom stereocenters. The van der Waals surface area contributed by atoms with E-state index in [4.69, 9.17) is 5.11 Å². The molecule has 1 N–H and O–H groups in total. The Labute approximate surface area is 65.1 Å². The molecule has 3 nitrogen and oxygen atoms in total. The number of rotatable bonds is 4. The fourth-order valence-corrected chi connectivity index (χ4v) is 0.477. The van der Waals surface area contributed by atoms with E-state index in [9.17, 15) is 4.79 Å². The van der Waals surface area contributed by atoms with Crippen LogP contribution in [0.3, 0.4) is 0 Å². The van der Waals surface area contributed by atoms with Crippen molar-refractivity contribution in [3.8, 4) is 0 Å². The minimum Gasteiger partial charge on any atom is -0.478 e. The molecular weight excluding hydrogens is 142 g/mol. The van der Waals surface area contributed by atoms with Gasteiger partial charge >= 0.3 is 5.97 Å². The van der Waals surface area contributed by atoms with E-state index < -0.39 is 5.97 Å². The van der Waals surface area contributed by atoms with Gasteiger partial charge in [0.1, 0.15) is 0 Å².